The summed E-state index contributed by atoms with van der Waals surface area (Å²) >= 11 is 0. The zero-order valence-electron chi connectivity index (χ0n) is 16.5. The van der Waals surface area contributed by atoms with E-state index in [1.165, 1.54) is 11.1 Å². The van der Waals surface area contributed by atoms with E-state index in [2.05, 4.69) is 32.9 Å². The predicted octanol–water partition coefficient (Wildman–Crippen LogP) is 5.02. The first-order chi connectivity index (χ1) is 12.5. The monoisotopic (exact) mass is 356 g/mol. The molecule has 1 heterocycles. The number of benzene rings is 2. The minimum Gasteiger partial charge on any atom is -0.496 e. The zero-order chi connectivity index (χ0) is 18.8. The Morgan fingerprint density at radius 1 is 0.885 bits per heavy atom. The molecule has 0 saturated heterocycles. The first kappa shape index (κ1) is 18.6. The number of aryl methyl sites for hydroxylation is 1. The number of fused-ring (bicyclic) bond motifs is 1. The first-order valence-corrected chi connectivity index (χ1v) is 9.09. The fourth-order valence-electron chi connectivity index (χ4n) is 3.96. The lowest BCUT2D eigenvalue weighted by molar-refractivity contribution is -0.0121. The van der Waals surface area contributed by atoms with Crippen LogP contribution in [0.25, 0.3) is 0 Å². The molecule has 0 aliphatic carbocycles. The molecule has 2 aromatic rings. The summed E-state index contributed by atoms with van der Waals surface area (Å²) in [6, 6.07) is 10.4. The molecule has 26 heavy (non-hydrogen) atoms. The average molecular weight is 356 g/mol. The minimum absolute atomic E-state index is 0.123. The highest BCUT2D eigenvalue weighted by molar-refractivity contribution is 5.51. The molecular formula is C22H28O4. The van der Waals surface area contributed by atoms with Gasteiger partial charge in [0.25, 0.3) is 0 Å². The molecule has 0 fully saturated rings. The van der Waals surface area contributed by atoms with Gasteiger partial charge in [-0.15, -0.1) is 0 Å². The Morgan fingerprint density at radius 3 is 2.19 bits per heavy atom. The van der Waals surface area contributed by atoms with Crippen LogP contribution in [0.15, 0.2) is 30.3 Å². The molecule has 2 aromatic carbocycles. The standard InChI is InChI=1S/C22H28O4/c1-7-16-14(3)26-22(15-8-9-19(23-4)21(11-15)25-6)18-10-13(2)20(24-5)12-17(16)18/h8-12,14,16,22H,7H2,1-6H3. The van der Waals surface area contributed by atoms with Crippen LogP contribution in [0, 0.1) is 6.92 Å². The smallest absolute Gasteiger partial charge is 0.161 e. The second-order valence-electron chi connectivity index (χ2n) is 6.80. The van der Waals surface area contributed by atoms with Crippen molar-refractivity contribution in [2.45, 2.75) is 45.3 Å². The van der Waals surface area contributed by atoms with Crippen LogP contribution in [-0.2, 0) is 4.74 Å². The van der Waals surface area contributed by atoms with E-state index in [1.54, 1.807) is 21.3 Å². The molecule has 4 heteroatoms. The van der Waals surface area contributed by atoms with Crippen LogP contribution >= 0.6 is 0 Å². The highest BCUT2D eigenvalue weighted by atomic mass is 16.5. The van der Waals surface area contributed by atoms with Crippen molar-refractivity contribution in [3.8, 4) is 17.2 Å². The van der Waals surface area contributed by atoms with Crippen LogP contribution < -0.4 is 14.2 Å². The van der Waals surface area contributed by atoms with E-state index < -0.39 is 0 Å². The van der Waals surface area contributed by atoms with E-state index in [-0.39, 0.29) is 12.2 Å². The van der Waals surface area contributed by atoms with Gasteiger partial charge in [-0.1, -0.05) is 13.0 Å². The Kier molecular flexibility index (Phi) is 5.42. The number of hydrogen-bond donors (Lipinski definition) is 0. The predicted molar refractivity (Wildman–Crippen MR) is 103 cm³/mol. The van der Waals surface area contributed by atoms with Crippen molar-refractivity contribution in [1.82, 2.24) is 0 Å². The quantitative estimate of drug-likeness (QED) is 0.753. The summed E-state index contributed by atoms with van der Waals surface area (Å²) in [6.45, 7) is 6.43. The Bertz CT molecular complexity index is 784. The molecule has 1 aliphatic heterocycles. The summed E-state index contributed by atoms with van der Waals surface area (Å²) in [5, 5.41) is 0. The van der Waals surface area contributed by atoms with Crippen LogP contribution in [0.2, 0.25) is 0 Å². The van der Waals surface area contributed by atoms with Crippen molar-refractivity contribution < 1.29 is 18.9 Å². The second-order valence-corrected chi connectivity index (χ2v) is 6.80. The van der Waals surface area contributed by atoms with Gasteiger partial charge in [0, 0.05) is 5.92 Å². The van der Waals surface area contributed by atoms with Crippen molar-refractivity contribution in [1.29, 1.82) is 0 Å². The van der Waals surface area contributed by atoms with E-state index in [1.807, 2.05) is 18.2 Å². The van der Waals surface area contributed by atoms with Gasteiger partial charge in [-0.25, -0.2) is 0 Å². The molecule has 0 radical (unpaired) electrons. The highest BCUT2D eigenvalue weighted by Crippen LogP contribution is 2.45. The zero-order valence-corrected chi connectivity index (χ0v) is 16.5. The van der Waals surface area contributed by atoms with Gasteiger partial charge in [-0.05, 0) is 66.8 Å². The molecule has 0 spiro atoms. The van der Waals surface area contributed by atoms with E-state index in [0.717, 1.165) is 29.0 Å². The lowest BCUT2D eigenvalue weighted by atomic mass is 9.81. The topological polar surface area (TPSA) is 36.9 Å². The molecule has 0 saturated carbocycles. The van der Waals surface area contributed by atoms with Crippen LogP contribution in [0.1, 0.15) is 54.5 Å². The Labute approximate surface area is 156 Å². The van der Waals surface area contributed by atoms with Crippen LogP contribution in [0.5, 0.6) is 17.2 Å². The van der Waals surface area contributed by atoms with Crippen molar-refractivity contribution >= 4 is 0 Å². The second kappa shape index (κ2) is 7.58. The molecule has 0 bridgehead atoms. The lowest BCUT2D eigenvalue weighted by Crippen LogP contribution is -2.29. The number of methoxy groups -OCH3 is 3. The molecule has 4 nitrogen and oxygen atoms in total. The van der Waals surface area contributed by atoms with Gasteiger partial charge in [-0.3, -0.25) is 0 Å². The summed E-state index contributed by atoms with van der Waals surface area (Å²) in [4.78, 5) is 0. The third-order valence-corrected chi connectivity index (χ3v) is 5.35. The minimum atomic E-state index is -0.132. The van der Waals surface area contributed by atoms with Gasteiger partial charge in [-0.2, -0.15) is 0 Å². The van der Waals surface area contributed by atoms with Crippen LogP contribution in [0.4, 0.5) is 0 Å². The fourth-order valence-corrected chi connectivity index (χ4v) is 3.96. The number of rotatable bonds is 5. The molecule has 3 unspecified atom stereocenters. The maximum Gasteiger partial charge on any atom is 0.161 e. The third-order valence-electron chi connectivity index (χ3n) is 5.35. The SMILES string of the molecule is CCC1c2cc(OC)c(C)cc2C(c2ccc(OC)c(OC)c2)OC1C. The molecular weight excluding hydrogens is 328 g/mol. The van der Waals surface area contributed by atoms with E-state index in [0.29, 0.717) is 11.7 Å². The largest absolute Gasteiger partial charge is 0.496 e. The first-order valence-electron chi connectivity index (χ1n) is 9.09. The van der Waals surface area contributed by atoms with Gasteiger partial charge in [0.05, 0.1) is 27.4 Å². The molecule has 140 valence electrons. The molecule has 3 rings (SSSR count). The van der Waals surface area contributed by atoms with Gasteiger partial charge in [0.1, 0.15) is 11.9 Å². The van der Waals surface area contributed by atoms with Gasteiger partial charge in [0.15, 0.2) is 11.5 Å². The van der Waals surface area contributed by atoms with Gasteiger partial charge >= 0.3 is 0 Å². The van der Waals surface area contributed by atoms with Crippen molar-refractivity contribution in [3.05, 3.63) is 52.6 Å². The molecule has 3 atom stereocenters. The van der Waals surface area contributed by atoms with Gasteiger partial charge in [0.2, 0.25) is 0 Å². The maximum absolute atomic E-state index is 6.47. The summed E-state index contributed by atoms with van der Waals surface area (Å²) in [7, 11) is 5.03. The van der Waals surface area contributed by atoms with Crippen LogP contribution in [-0.4, -0.2) is 27.4 Å². The van der Waals surface area contributed by atoms with E-state index in [4.69, 9.17) is 18.9 Å². The van der Waals surface area contributed by atoms with E-state index >= 15 is 0 Å². The molecule has 0 aromatic heterocycles. The molecule has 0 N–H and O–H groups in total. The number of hydrogen-bond acceptors (Lipinski definition) is 4. The molecule has 0 amide bonds. The Balaban J connectivity index is 2.14. The summed E-state index contributed by atoms with van der Waals surface area (Å²) in [5.41, 5.74) is 4.70. The third kappa shape index (κ3) is 3.14. The Morgan fingerprint density at radius 2 is 1.58 bits per heavy atom. The van der Waals surface area contributed by atoms with Crippen molar-refractivity contribution in [2.24, 2.45) is 0 Å². The highest BCUT2D eigenvalue weighted by Gasteiger charge is 2.34. The normalized spacial score (nSPS) is 21.8. The summed E-state index contributed by atoms with van der Waals surface area (Å²) < 4.78 is 22.9. The van der Waals surface area contributed by atoms with Gasteiger partial charge < -0.3 is 18.9 Å². The van der Waals surface area contributed by atoms with Crippen molar-refractivity contribution in [2.75, 3.05) is 21.3 Å². The van der Waals surface area contributed by atoms with Crippen molar-refractivity contribution in [3.63, 3.8) is 0 Å². The van der Waals surface area contributed by atoms with E-state index in [9.17, 15) is 0 Å². The lowest BCUT2D eigenvalue weighted by Gasteiger charge is -2.37. The average Bonchev–Trinajstić information content (AvgIpc) is 2.66. The maximum atomic E-state index is 6.47. The summed E-state index contributed by atoms with van der Waals surface area (Å²) in [6.07, 6.45) is 1.02. The fraction of sp³-hybridized carbons (Fsp3) is 0.455. The number of ether oxygens (including phenoxy) is 4. The van der Waals surface area contributed by atoms with Crippen LogP contribution in [0.3, 0.4) is 0 Å². The summed E-state index contributed by atoms with van der Waals surface area (Å²) in [5.74, 6) is 2.72. The molecule has 1 aliphatic rings. The Hall–Kier alpha value is -2.20.